The van der Waals surface area contributed by atoms with Gasteiger partial charge in [-0.15, -0.1) is 0 Å². The lowest BCUT2D eigenvalue weighted by molar-refractivity contribution is -0.123. The highest BCUT2D eigenvalue weighted by Crippen LogP contribution is 2.65. The lowest BCUT2D eigenvalue weighted by Gasteiger charge is -2.25. The molecule has 19 heavy (non-hydrogen) atoms. The van der Waals surface area contributed by atoms with Gasteiger partial charge in [0.05, 0.1) is 5.71 Å². The first kappa shape index (κ1) is 12.2. The van der Waals surface area contributed by atoms with E-state index in [1.165, 1.54) is 19.3 Å². The van der Waals surface area contributed by atoms with E-state index in [4.69, 9.17) is 5.73 Å². The van der Waals surface area contributed by atoms with Crippen LogP contribution in [0.25, 0.3) is 0 Å². The second-order valence-corrected chi connectivity index (χ2v) is 5.77. The topological polar surface area (TPSA) is 67.5 Å². The van der Waals surface area contributed by atoms with Gasteiger partial charge < -0.3 is 5.73 Å². The molecule has 3 N–H and O–H groups in total. The number of rotatable bonds is 3. The van der Waals surface area contributed by atoms with E-state index >= 15 is 0 Å². The van der Waals surface area contributed by atoms with Gasteiger partial charge >= 0.3 is 0 Å². The summed E-state index contributed by atoms with van der Waals surface area (Å²) in [6.45, 7) is 1.89. The summed E-state index contributed by atoms with van der Waals surface area (Å²) < 4.78 is 0. The average molecular weight is 257 g/mol. The molecule has 1 aromatic carbocycles. The number of nitrogens with one attached hydrogen (secondary N) is 1. The molecule has 1 aromatic rings. The predicted molar refractivity (Wildman–Crippen MR) is 75.6 cm³/mol. The van der Waals surface area contributed by atoms with Crippen LogP contribution in [0.3, 0.4) is 0 Å². The minimum absolute atomic E-state index is 0.0782. The van der Waals surface area contributed by atoms with E-state index in [0.717, 1.165) is 23.4 Å². The molecule has 4 nitrogen and oxygen atoms in total. The number of benzene rings is 1. The van der Waals surface area contributed by atoms with Crippen molar-refractivity contribution in [3.8, 4) is 0 Å². The van der Waals surface area contributed by atoms with E-state index < -0.39 is 0 Å². The molecule has 0 saturated heterocycles. The molecule has 0 aromatic heterocycles. The van der Waals surface area contributed by atoms with Crippen molar-refractivity contribution in [3.63, 3.8) is 0 Å². The molecule has 0 radical (unpaired) electrons. The third-order valence-corrected chi connectivity index (χ3v) is 4.52. The van der Waals surface area contributed by atoms with E-state index in [1.807, 2.05) is 31.2 Å². The monoisotopic (exact) mass is 257 g/mol. The Labute approximate surface area is 113 Å². The fourth-order valence-corrected chi connectivity index (χ4v) is 2.91. The number of anilines is 1. The van der Waals surface area contributed by atoms with Crippen LogP contribution in [0.5, 0.6) is 0 Å². The maximum absolute atomic E-state index is 12.0. The summed E-state index contributed by atoms with van der Waals surface area (Å²) in [7, 11) is 0. The minimum Gasteiger partial charge on any atom is -0.399 e. The summed E-state index contributed by atoms with van der Waals surface area (Å²) in [5, 5.41) is 4.19. The summed E-state index contributed by atoms with van der Waals surface area (Å²) in [6, 6.07) is 7.48. The predicted octanol–water partition coefficient (Wildman–Crippen LogP) is 2.30. The van der Waals surface area contributed by atoms with Crippen molar-refractivity contribution in [1.29, 1.82) is 0 Å². The summed E-state index contributed by atoms with van der Waals surface area (Å²) in [5.74, 6) is 0.277. The van der Waals surface area contributed by atoms with Gasteiger partial charge in [0.25, 0.3) is 0 Å². The van der Waals surface area contributed by atoms with Gasteiger partial charge in [0.2, 0.25) is 5.91 Å². The van der Waals surface area contributed by atoms with E-state index in [9.17, 15) is 4.79 Å². The molecule has 0 bridgehead atoms. The first-order valence-corrected chi connectivity index (χ1v) is 6.81. The van der Waals surface area contributed by atoms with Crippen molar-refractivity contribution in [2.45, 2.75) is 32.6 Å². The molecular formula is C15H19N3O. The van der Waals surface area contributed by atoms with Crippen LogP contribution in [0.15, 0.2) is 29.4 Å². The molecule has 1 atom stereocenters. The molecule has 2 fully saturated rings. The summed E-state index contributed by atoms with van der Waals surface area (Å²) in [5.41, 5.74) is 11.2. The van der Waals surface area contributed by atoms with Crippen LogP contribution in [0, 0.1) is 11.3 Å². The maximum atomic E-state index is 12.0. The number of nitrogens with two attached hydrogens (primary N) is 1. The Morgan fingerprint density at radius 3 is 2.58 bits per heavy atom. The highest BCUT2D eigenvalue weighted by Gasteiger charge is 2.60. The number of nitrogen functional groups attached to an aromatic ring is 1. The Morgan fingerprint density at radius 2 is 2.05 bits per heavy atom. The first-order valence-electron chi connectivity index (χ1n) is 6.81. The average Bonchev–Trinajstić information content (AvgIpc) is 3.12. The van der Waals surface area contributed by atoms with Crippen LogP contribution in [0.2, 0.25) is 0 Å². The maximum Gasteiger partial charge on any atom is 0.243 e. The fraction of sp³-hybridized carbons (Fsp3) is 0.467. The number of hydrazone groups is 1. The van der Waals surface area contributed by atoms with Crippen LogP contribution in [-0.4, -0.2) is 11.6 Å². The summed E-state index contributed by atoms with van der Waals surface area (Å²) in [4.78, 5) is 12.0. The van der Waals surface area contributed by atoms with Crippen molar-refractivity contribution >= 4 is 17.3 Å². The number of hydrogen-bond acceptors (Lipinski definition) is 3. The van der Waals surface area contributed by atoms with Gasteiger partial charge in [-0.2, -0.15) is 5.10 Å². The minimum atomic E-state index is 0.0782. The Bertz CT molecular complexity index is 529. The van der Waals surface area contributed by atoms with Crippen LogP contribution in [0.4, 0.5) is 5.69 Å². The smallest absolute Gasteiger partial charge is 0.243 e. The molecule has 100 valence electrons. The van der Waals surface area contributed by atoms with Crippen LogP contribution in [-0.2, 0) is 4.79 Å². The Balaban J connectivity index is 1.60. The fourth-order valence-electron chi connectivity index (χ4n) is 2.91. The SMILES string of the molecule is CC(=NNC(=O)C1CC12CCC2)c1ccc(N)cc1. The molecule has 2 aliphatic rings. The van der Waals surface area contributed by atoms with Crippen LogP contribution < -0.4 is 11.2 Å². The molecule has 1 spiro atoms. The molecule has 1 unspecified atom stereocenters. The molecular weight excluding hydrogens is 238 g/mol. The standard InChI is InChI=1S/C15H19N3O/c1-10(11-3-5-12(16)6-4-11)17-18-14(19)13-9-15(13)7-2-8-15/h3-6,13H,2,7-9,16H2,1H3,(H,18,19). The van der Waals surface area contributed by atoms with Gasteiger partial charge in [-0.3, -0.25) is 4.79 Å². The number of carbonyl (C=O) groups excluding carboxylic acids is 1. The van der Waals surface area contributed by atoms with Crippen LogP contribution >= 0.6 is 0 Å². The number of amides is 1. The molecule has 0 aliphatic heterocycles. The molecule has 4 heteroatoms. The zero-order valence-corrected chi connectivity index (χ0v) is 11.1. The van der Waals surface area contributed by atoms with E-state index in [-0.39, 0.29) is 11.8 Å². The lowest BCUT2D eigenvalue weighted by atomic mass is 9.80. The molecule has 0 heterocycles. The normalized spacial score (nSPS) is 23.8. The summed E-state index contributed by atoms with van der Waals surface area (Å²) >= 11 is 0. The zero-order valence-electron chi connectivity index (χ0n) is 11.1. The van der Waals surface area contributed by atoms with Gasteiger partial charge in [-0.25, -0.2) is 5.43 Å². The van der Waals surface area contributed by atoms with Crippen molar-refractivity contribution in [2.75, 3.05) is 5.73 Å². The van der Waals surface area contributed by atoms with Gasteiger partial charge in [0.1, 0.15) is 0 Å². The van der Waals surface area contributed by atoms with Gasteiger partial charge in [0, 0.05) is 11.6 Å². The quantitative estimate of drug-likeness (QED) is 0.495. The highest BCUT2D eigenvalue weighted by molar-refractivity contribution is 5.99. The molecule has 2 saturated carbocycles. The molecule has 2 aliphatic carbocycles. The van der Waals surface area contributed by atoms with Crippen molar-refractivity contribution in [1.82, 2.24) is 5.43 Å². The number of carbonyl (C=O) groups is 1. The Morgan fingerprint density at radius 1 is 1.37 bits per heavy atom. The lowest BCUT2D eigenvalue weighted by Crippen LogP contribution is -2.26. The summed E-state index contributed by atoms with van der Waals surface area (Å²) in [6.07, 6.45) is 4.75. The highest BCUT2D eigenvalue weighted by atomic mass is 16.2. The van der Waals surface area contributed by atoms with Crippen LogP contribution in [0.1, 0.15) is 38.2 Å². The van der Waals surface area contributed by atoms with E-state index in [1.54, 1.807) is 0 Å². The largest absolute Gasteiger partial charge is 0.399 e. The zero-order chi connectivity index (χ0) is 13.5. The second kappa shape index (κ2) is 4.37. The van der Waals surface area contributed by atoms with Crippen molar-refractivity contribution in [3.05, 3.63) is 29.8 Å². The Hall–Kier alpha value is -1.84. The molecule has 1 amide bonds. The van der Waals surface area contributed by atoms with Gasteiger partial charge in [-0.05, 0) is 49.3 Å². The second-order valence-electron chi connectivity index (χ2n) is 5.77. The number of hydrogen-bond donors (Lipinski definition) is 2. The van der Waals surface area contributed by atoms with E-state index in [2.05, 4.69) is 10.5 Å². The van der Waals surface area contributed by atoms with Gasteiger partial charge in [-0.1, -0.05) is 18.6 Å². The van der Waals surface area contributed by atoms with Crippen molar-refractivity contribution in [2.24, 2.45) is 16.4 Å². The van der Waals surface area contributed by atoms with Gasteiger partial charge in [0.15, 0.2) is 0 Å². The van der Waals surface area contributed by atoms with Crippen molar-refractivity contribution < 1.29 is 4.79 Å². The third-order valence-electron chi connectivity index (χ3n) is 4.52. The number of nitrogens with zero attached hydrogens (tertiary/aromatic N) is 1. The van der Waals surface area contributed by atoms with E-state index in [0.29, 0.717) is 5.41 Å². The Kier molecular flexibility index (Phi) is 2.81. The molecule has 3 rings (SSSR count). The third kappa shape index (κ3) is 2.23. The first-order chi connectivity index (χ1) is 9.11.